The van der Waals surface area contributed by atoms with Crippen molar-refractivity contribution in [1.29, 1.82) is 0 Å². The van der Waals surface area contributed by atoms with E-state index in [9.17, 15) is 0 Å². The molecule has 1 aliphatic rings. The van der Waals surface area contributed by atoms with Crippen molar-refractivity contribution in [3.8, 4) is 5.75 Å². The SMILES string of the molecule is c1cc(CCCOc2ccncc2CNC2CC2)ccn1. The first-order valence-electron chi connectivity index (χ1n) is 7.60. The van der Waals surface area contributed by atoms with Crippen LogP contribution in [0.5, 0.6) is 5.75 Å². The van der Waals surface area contributed by atoms with Gasteiger partial charge in [0, 0.05) is 42.9 Å². The van der Waals surface area contributed by atoms with Crippen LogP contribution in [0.15, 0.2) is 43.0 Å². The van der Waals surface area contributed by atoms with Crippen LogP contribution in [0.3, 0.4) is 0 Å². The molecule has 3 rings (SSSR count). The molecular formula is C17H21N3O. The van der Waals surface area contributed by atoms with Gasteiger partial charge in [0.2, 0.25) is 0 Å². The molecule has 0 radical (unpaired) electrons. The second kappa shape index (κ2) is 7.18. The average molecular weight is 283 g/mol. The number of pyridine rings is 2. The van der Waals surface area contributed by atoms with E-state index in [1.807, 2.05) is 24.7 Å². The highest BCUT2D eigenvalue weighted by atomic mass is 16.5. The minimum absolute atomic E-state index is 0.699. The van der Waals surface area contributed by atoms with E-state index in [2.05, 4.69) is 27.4 Å². The van der Waals surface area contributed by atoms with Gasteiger partial charge in [-0.15, -0.1) is 0 Å². The summed E-state index contributed by atoms with van der Waals surface area (Å²) in [6.07, 6.45) is 12.0. The zero-order chi connectivity index (χ0) is 14.3. The van der Waals surface area contributed by atoms with Gasteiger partial charge in [-0.3, -0.25) is 9.97 Å². The summed E-state index contributed by atoms with van der Waals surface area (Å²) in [4.78, 5) is 8.22. The monoisotopic (exact) mass is 283 g/mol. The van der Waals surface area contributed by atoms with Gasteiger partial charge in [0.05, 0.1) is 6.61 Å². The summed E-state index contributed by atoms with van der Waals surface area (Å²) in [7, 11) is 0. The minimum Gasteiger partial charge on any atom is -0.493 e. The molecule has 0 aromatic carbocycles. The maximum Gasteiger partial charge on any atom is 0.126 e. The van der Waals surface area contributed by atoms with Crippen LogP contribution in [0.4, 0.5) is 0 Å². The number of aromatic nitrogens is 2. The Morgan fingerprint density at radius 3 is 2.71 bits per heavy atom. The largest absolute Gasteiger partial charge is 0.493 e. The van der Waals surface area contributed by atoms with Crippen molar-refractivity contribution in [2.75, 3.05) is 6.61 Å². The molecule has 1 aliphatic carbocycles. The number of aryl methyl sites for hydroxylation is 1. The van der Waals surface area contributed by atoms with Gasteiger partial charge in [-0.2, -0.15) is 0 Å². The van der Waals surface area contributed by atoms with Crippen molar-refractivity contribution < 1.29 is 4.74 Å². The van der Waals surface area contributed by atoms with Crippen LogP contribution in [0.25, 0.3) is 0 Å². The van der Waals surface area contributed by atoms with E-state index in [0.29, 0.717) is 6.04 Å². The smallest absolute Gasteiger partial charge is 0.126 e. The van der Waals surface area contributed by atoms with Gasteiger partial charge in [-0.05, 0) is 49.4 Å². The summed E-state index contributed by atoms with van der Waals surface area (Å²) in [5, 5.41) is 3.50. The maximum absolute atomic E-state index is 5.92. The van der Waals surface area contributed by atoms with Gasteiger partial charge in [0.15, 0.2) is 0 Å². The summed E-state index contributed by atoms with van der Waals surface area (Å²) in [5.74, 6) is 0.952. The van der Waals surface area contributed by atoms with E-state index in [1.165, 1.54) is 18.4 Å². The molecule has 2 aromatic heterocycles. The first-order valence-corrected chi connectivity index (χ1v) is 7.60. The summed E-state index contributed by atoms with van der Waals surface area (Å²) < 4.78 is 5.92. The molecule has 2 heterocycles. The summed E-state index contributed by atoms with van der Waals surface area (Å²) in [6, 6.07) is 6.76. The van der Waals surface area contributed by atoms with Gasteiger partial charge >= 0.3 is 0 Å². The molecular weight excluding hydrogens is 262 g/mol. The van der Waals surface area contributed by atoms with Crippen LogP contribution in [0.2, 0.25) is 0 Å². The number of nitrogens with zero attached hydrogens (tertiary/aromatic N) is 2. The standard InChI is InChI=1S/C17H21N3O/c1(2-14-5-8-18-9-6-14)11-21-17-7-10-19-12-15(17)13-20-16-3-4-16/h5-10,12,16,20H,1-4,11,13H2. The molecule has 0 saturated heterocycles. The molecule has 21 heavy (non-hydrogen) atoms. The van der Waals surface area contributed by atoms with Gasteiger partial charge < -0.3 is 10.1 Å². The van der Waals surface area contributed by atoms with Crippen molar-refractivity contribution in [2.45, 2.75) is 38.3 Å². The molecule has 1 N–H and O–H groups in total. The molecule has 1 fully saturated rings. The molecule has 4 heteroatoms. The zero-order valence-corrected chi connectivity index (χ0v) is 12.2. The molecule has 0 atom stereocenters. The third-order valence-electron chi connectivity index (χ3n) is 3.63. The second-order valence-electron chi connectivity index (χ2n) is 5.45. The lowest BCUT2D eigenvalue weighted by molar-refractivity contribution is 0.306. The fourth-order valence-corrected chi connectivity index (χ4v) is 2.24. The Bertz CT molecular complexity index is 555. The molecule has 0 unspecified atom stereocenters. The van der Waals surface area contributed by atoms with Gasteiger partial charge in [0.1, 0.15) is 5.75 Å². The summed E-state index contributed by atoms with van der Waals surface area (Å²) in [6.45, 7) is 1.57. The summed E-state index contributed by atoms with van der Waals surface area (Å²) >= 11 is 0. The highest BCUT2D eigenvalue weighted by molar-refractivity contribution is 5.30. The van der Waals surface area contributed by atoms with Crippen molar-refractivity contribution in [1.82, 2.24) is 15.3 Å². The van der Waals surface area contributed by atoms with Crippen LogP contribution < -0.4 is 10.1 Å². The Morgan fingerprint density at radius 2 is 1.90 bits per heavy atom. The van der Waals surface area contributed by atoms with E-state index < -0.39 is 0 Å². The maximum atomic E-state index is 5.92. The number of rotatable bonds is 8. The minimum atomic E-state index is 0.699. The van der Waals surface area contributed by atoms with Crippen LogP contribution >= 0.6 is 0 Å². The van der Waals surface area contributed by atoms with E-state index in [0.717, 1.165) is 37.3 Å². The molecule has 0 spiro atoms. The topological polar surface area (TPSA) is 47.0 Å². The lowest BCUT2D eigenvalue weighted by Gasteiger charge is -2.11. The van der Waals surface area contributed by atoms with Crippen LogP contribution in [0.1, 0.15) is 30.4 Å². The molecule has 110 valence electrons. The first kappa shape index (κ1) is 14.0. The number of ether oxygens (including phenoxy) is 1. The quantitative estimate of drug-likeness (QED) is 0.757. The highest BCUT2D eigenvalue weighted by Crippen LogP contribution is 2.22. The Hall–Kier alpha value is -1.94. The predicted octanol–water partition coefficient (Wildman–Crippen LogP) is 2.74. The fourth-order valence-electron chi connectivity index (χ4n) is 2.24. The summed E-state index contributed by atoms with van der Waals surface area (Å²) in [5.41, 5.74) is 2.45. The highest BCUT2D eigenvalue weighted by Gasteiger charge is 2.20. The average Bonchev–Trinajstić information content (AvgIpc) is 3.36. The zero-order valence-electron chi connectivity index (χ0n) is 12.2. The third kappa shape index (κ3) is 4.53. The van der Waals surface area contributed by atoms with E-state index in [-0.39, 0.29) is 0 Å². The lowest BCUT2D eigenvalue weighted by atomic mass is 10.1. The van der Waals surface area contributed by atoms with Gasteiger partial charge in [-0.25, -0.2) is 0 Å². The second-order valence-corrected chi connectivity index (χ2v) is 5.45. The molecule has 0 amide bonds. The Balaban J connectivity index is 1.45. The van der Waals surface area contributed by atoms with Gasteiger partial charge in [-0.1, -0.05) is 0 Å². The lowest BCUT2D eigenvalue weighted by Crippen LogP contribution is -2.16. The van der Waals surface area contributed by atoms with Crippen LogP contribution in [-0.4, -0.2) is 22.6 Å². The first-order chi connectivity index (χ1) is 10.4. The number of hydrogen-bond donors (Lipinski definition) is 1. The molecule has 4 nitrogen and oxygen atoms in total. The van der Waals surface area contributed by atoms with Crippen LogP contribution in [0, 0.1) is 0 Å². The molecule has 0 bridgehead atoms. The molecule has 1 saturated carbocycles. The van der Waals surface area contributed by atoms with Crippen molar-refractivity contribution in [3.05, 3.63) is 54.1 Å². The van der Waals surface area contributed by atoms with Crippen molar-refractivity contribution in [2.24, 2.45) is 0 Å². The van der Waals surface area contributed by atoms with Crippen molar-refractivity contribution >= 4 is 0 Å². The molecule has 2 aromatic rings. The van der Waals surface area contributed by atoms with Gasteiger partial charge in [0.25, 0.3) is 0 Å². The fraction of sp³-hybridized carbons (Fsp3) is 0.412. The molecule has 0 aliphatic heterocycles. The third-order valence-corrected chi connectivity index (χ3v) is 3.63. The van der Waals surface area contributed by atoms with E-state index in [1.54, 1.807) is 6.20 Å². The Morgan fingerprint density at radius 1 is 1.10 bits per heavy atom. The number of hydrogen-bond acceptors (Lipinski definition) is 4. The van der Waals surface area contributed by atoms with Crippen LogP contribution in [-0.2, 0) is 13.0 Å². The normalized spacial score (nSPS) is 14.1. The predicted molar refractivity (Wildman–Crippen MR) is 82.2 cm³/mol. The van der Waals surface area contributed by atoms with E-state index in [4.69, 9.17) is 4.74 Å². The van der Waals surface area contributed by atoms with E-state index >= 15 is 0 Å². The Kier molecular flexibility index (Phi) is 4.79. The van der Waals surface area contributed by atoms with Crippen molar-refractivity contribution in [3.63, 3.8) is 0 Å². The number of nitrogens with one attached hydrogen (secondary N) is 1. The Labute approximate surface area is 125 Å².